The molecule has 4 heteroatoms. The number of fused-ring (bicyclic) bond motifs is 1. The van der Waals surface area contributed by atoms with Crippen molar-refractivity contribution in [3.05, 3.63) is 23.1 Å². The van der Waals surface area contributed by atoms with E-state index in [9.17, 15) is 5.11 Å². The van der Waals surface area contributed by atoms with Crippen molar-refractivity contribution in [1.29, 1.82) is 5.26 Å². The summed E-state index contributed by atoms with van der Waals surface area (Å²) in [5.41, 5.74) is 0.361. The minimum Gasteiger partial charge on any atom is -0.504 e. The van der Waals surface area contributed by atoms with Crippen molar-refractivity contribution in [2.75, 3.05) is 7.11 Å². The Morgan fingerprint density at radius 2 is 2.36 bits per heavy atom. The van der Waals surface area contributed by atoms with E-state index in [2.05, 4.69) is 0 Å². The molecular weight excluding hydrogens is 198 g/mol. The largest absolute Gasteiger partial charge is 0.504 e. The van der Waals surface area contributed by atoms with Gasteiger partial charge in [0.2, 0.25) is 0 Å². The summed E-state index contributed by atoms with van der Waals surface area (Å²) >= 11 is 1.48. The summed E-state index contributed by atoms with van der Waals surface area (Å²) in [4.78, 5) is 0. The SMILES string of the molecule is COc1c(C#N)cc2sccc2c1O. The van der Waals surface area contributed by atoms with E-state index in [1.165, 1.54) is 18.4 Å². The van der Waals surface area contributed by atoms with E-state index in [-0.39, 0.29) is 11.5 Å². The van der Waals surface area contributed by atoms with Gasteiger partial charge in [0.1, 0.15) is 6.07 Å². The fraction of sp³-hybridized carbons (Fsp3) is 0.100. The third-order valence-corrected chi connectivity index (χ3v) is 2.87. The molecule has 0 saturated heterocycles. The Bertz CT molecular complexity index is 525. The van der Waals surface area contributed by atoms with Crippen LogP contribution in [0.5, 0.6) is 11.5 Å². The lowest BCUT2D eigenvalue weighted by molar-refractivity contribution is 0.375. The van der Waals surface area contributed by atoms with Crippen molar-refractivity contribution >= 4 is 21.4 Å². The molecule has 1 N–H and O–H groups in total. The Hall–Kier alpha value is -1.73. The number of phenols is 1. The zero-order chi connectivity index (χ0) is 10.1. The number of hydrogen-bond donors (Lipinski definition) is 1. The Labute approximate surface area is 84.8 Å². The summed E-state index contributed by atoms with van der Waals surface area (Å²) < 4.78 is 5.87. The molecule has 0 aliphatic heterocycles. The van der Waals surface area contributed by atoms with Gasteiger partial charge < -0.3 is 9.84 Å². The molecule has 0 spiro atoms. The first kappa shape index (κ1) is 8.85. The molecule has 1 heterocycles. The van der Waals surface area contributed by atoms with E-state index in [0.717, 1.165) is 10.1 Å². The van der Waals surface area contributed by atoms with E-state index in [1.807, 2.05) is 11.4 Å². The molecular formula is C10H7NO2S. The van der Waals surface area contributed by atoms with Gasteiger partial charge in [-0.05, 0) is 17.5 Å². The number of nitrogens with zero attached hydrogens (tertiary/aromatic N) is 1. The molecule has 0 unspecified atom stereocenters. The number of hydrogen-bond acceptors (Lipinski definition) is 4. The highest BCUT2D eigenvalue weighted by molar-refractivity contribution is 7.17. The minimum atomic E-state index is 0.0443. The summed E-state index contributed by atoms with van der Waals surface area (Å²) in [6, 6.07) is 5.52. The number of nitriles is 1. The highest BCUT2D eigenvalue weighted by Gasteiger charge is 2.13. The lowest BCUT2D eigenvalue weighted by Gasteiger charge is -2.05. The first-order chi connectivity index (χ1) is 6.77. The summed E-state index contributed by atoms with van der Waals surface area (Å²) in [7, 11) is 1.44. The van der Waals surface area contributed by atoms with Crippen molar-refractivity contribution in [2.45, 2.75) is 0 Å². The van der Waals surface area contributed by atoms with Crippen molar-refractivity contribution in [1.82, 2.24) is 0 Å². The number of phenolic OH excluding ortho intramolecular Hbond substituents is 1. The molecule has 2 rings (SSSR count). The van der Waals surface area contributed by atoms with Crippen LogP contribution in [0, 0.1) is 11.3 Å². The molecule has 0 aliphatic rings. The molecule has 2 aromatic rings. The van der Waals surface area contributed by atoms with E-state index >= 15 is 0 Å². The average Bonchev–Trinajstić information content (AvgIpc) is 2.65. The van der Waals surface area contributed by atoms with Crippen LogP contribution in [-0.2, 0) is 0 Å². The maximum absolute atomic E-state index is 9.78. The molecule has 0 aliphatic carbocycles. The minimum absolute atomic E-state index is 0.0443. The van der Waals surface area contributed by atoms with Crippen LogP contribution in [0.4, 0.5) is 0 Å². The van der Waals surface area contributed by atoms with Gasteiger partial charge in [-0.3, -0.25) is 0 Å². The summed E-state index contributed by atoms with van der Waals surface area (Å²) in [6.45, 7) is 0. The van der Waals surface area contributed by atoms with Gasteiger partial charge in [-0.2, -0.15) is 5.26 Å². The normalized spacial score (nSPS) is 10.0. The Balaban J connectivity index is 2.87. The molecule has 0 amide bonds. The standard InChI is InChI=1S/C10H7NO2S/c1-13-10-6(5-11)4-8-7(9(10)12)2-3-14-8/h2-4,12H,1H3. The fourth-order valence-corrected chi connectivity index (χ4v) is 2.19. The van der Waals surface area contributed by atoms with Gasteiger partial charge >= 0.3 is 0 Å². The monoisotopic (exact) mass is 205 g/mol. The van der Waals surface area contributed by atoms with Gasteiger partial charge in [0.05, 0.1) is 12.7 Å². The lowest BCUT2D eigenvalue weighted by atomic mass is 10.1. The first-order valence-electron chi connectivity index (χ1n) is 3.95. The number of thiophene rings is 1. The predicted octanol–water partition coefficient (Wildman–Crippen LogP) is 2.49. The molecule has 0 radical (unpaired) electrons. The fourth-order valence-electron chi connectivity index (χ4n) is 1.36. The van der Waals surface area contributed by atoms with E-state index in [4.69, 9.17) is 10.00 Å². The number of aromatic hydroxyl groups is 1. The third kappa shape index (κ3) is 1.10. The summed E-state index contributed by atoms with van der Waals surface area (Å²) in [5, 5.41) is 21.2. The first-order valence-corrected chi connectivity index (χ1v) is 4.83. The highest BCUT2D eigenvalue weighted by Crippen LogP contribution is 2.39. The number of ether oxygens (including phenoxy) is 1. The van der Waals surface area contributed by atoms with Crippen LogP contribution in [0.25, 0.3) is 10.1 Å². The van der Waals surface area contributed by atoms with Gasteiger partial charge in [0.15, 0.2) is 11.5 Å². The van der Waals surface area contributed by atoms with E-state index in [1.54, 1.807) is 12.1 Å². The van der Waals surface area contributed by atoms with Gasteiger partial charge in [0.25, 0.3) is 0 Å². The maximum Gasteiger partial charge on any atom is 0.179 e. The Kier molecular flexibility index (Phi) is 2.02. The number of benzene rings is 1. The van der Waals surface area contributed by atoms with Crippen LogP contribution in [-0.4, -0.2) is 12.2 Å². The molecule has 70 valence electrons. The smallest absolute Gasteiger partial charge is 0.179 e. The van der Waals surface area contributed by atoms with Crippen LogP contribution in [0.2, 0.25) is 0 Å². The van der Waals surface area contributed by atoms with E-state index < -0.39 is 0 Å². The van der Waals surface area contributed by atoms with Crippen molar-refractivity contribution < 1.29 is 9.84 Å². The summed E-state index contributed by atoms with van der Waals surface area (Å²) in [6.07, 6.45) is 0. The molecule has 1 aromatic heterocycles. The molecule has 1 aromatic carbocycles. The third-order valence-electron chi connectivity index (χ3n) is 2.01. The van der Waals surface area contributed by atoms with Gasteiger partial charge in [-0.1, -0.05) is 0 Å². The Morgan fingerprint density at radius 1 is 1.57 bits per heavy atom. The molecule has 3 nitrogen and oxygen atoms in total. The average molecular weight is 205 g/mol. The summed E-state index contributed by atoms with van der Waals surface area (Å²) in [5.74, 6) is 0.293. The quantitative estimate of drug-likeness (QED) is 0.778. The second-order valence-corrected chi connectivity index (χ2v) is 3.70. The van der Waals surface area contributed by atoms with Gasteiger partial charge in [-0.25, -0.2) is 0 Å². The zero-order valence-corrected chi connectivity index (χ0v) is 8.26. The Morgan fingerprint density at radius 3 is 3.00 bits per heavy atom. The van der Waals surface area contributed by atoms with Crippen molar-refractivity contribution in [3.8, 4) is 17.6 Å². The van der Waals surface area contributed by atoms with Crippen LogP contribution in [0.15, 0.2) is 17.5 Å². The maximum atomic E-state index is 9.78. The molecule has 0 bridgehead atoms. The number of methoxy groups -OCH3 is 1. The molecule has 0 fully saturated rings. The van der Waals surface area contributed by atoms with Crippen molar-refractivity contribution in [3.63, 3.8) is 0 Å². The van der Waals surface area contributed by atoms with E-state index in [0.29, 0.717) is 5.56 Å². The predicted molar refractivity (Wildman–Crippen MR) is 54.8 cm³/mol. The highest BCUT2D eigenvalue weighted by atomic mass is 32.1. The molecule has 0 atom stereocenters. The second kappa shape index (κ2) is 3.20. The topological polar surface area (TPSA) is 53.2 Å². The van der Waals surface area contributed by atoms with Crippen molar-refractivity contribution in [2.24, 2.45) is 0 Å². The molecule has 14 heavy (non-hydrogen) atoms. The number of rotatable bonds is 1. The van der Waals surface area contributed by atoms with Crippen LogP contribution in [0.1, 0.15) is 5.56 Å². The molecule has 0 saturated carbocycles. The van der Waals surface area contributed by atoms with Crippen LogP contribution in [0.3, 0.4) is 0 Å². The van der Waals surface area contributed by atoms with Crippen LogP contribution >= 0.6 is 11.3 Å². The van der Waals surface area contributed by atoms with Crippen LogP contribution < -0.4 is 4.74 Å². The zero-order valence-electron chi connectivity index (χ0n) is 7.44. The lowest BCUT2D eigenvalue weighted by Crippen LogP contribution is -1.88. The van der Waals surface area contributed by atoms with Gasteiger partial charge in [0, 0.05) is 10.1 Å². The van der Waals surface area contributed by atoms with Gasteiger partial charge in [-0.15, -0.1) is 11.3 Å². The second-order valence-electron chi connectivity index (χ2n) is 2.75.